The van der Waals surface area contributed by atoms with E-state index in [0.717, 1.165) is 37.1 Å². The van der Waals surface area contributed by atoms with Gasteiger partial charge < -0.3 is 14.1 Å². The van der Waals surface area contributed by atoms with Crippen LogP contribution < -0.4 is 4.74 Å². The molecule has 1 aliphatic carbocycles. The van der Waals surface area contributed by atoms with Crippen molar-refractivity contribution in [2.24, 2.45) is 5.92 Å². The van der Waals surface area contributed by atoms with Gasteiger partial charge >= 0.3 is 0 Å². The molecule has 6 nitrogen and oxygen atoms in total. The van der Waals surface area contributed by atoms with Crippen molar-refractivity contribution in [1.29, 1.82) is 0 Å². The zero-order chi connectivity index (χ0) is 17.9. The molecule has 1 saturated heterocycles. The number of nitrogens with zero attached hydrogens (tertiary/aromatic N) is 3. The summed E-state index contributed by atoms with van der Waals surface area (Å²) in [7, 11) is 1.64. The van der Waals surface area contributed by atoms with E-state index in [9.17, 15) is 4.79 Å². The number of benzene rings is 1. The molecule has 2 heterocycles. The number of ether oxygens (including phenoxy) is 1. The van der Waals surface area contributed by atoms with Gasteiger partial charge in [-0.15, -0.1) is 10.2 Å². The standard InChI is InChI=1S/C20H25N3O3/c1-25-17-9-7-14(8-10-17)18-21-22-19(26-18)16-11-12-23(13-16)20(24)15-5-3-2-4-6-15/h7-10,15-16H,2-6,11-13H2,1H3. The average molecular weight is 355 g/mol. The van der Waals surface area contributed by atoms with E-state index >= 15 is 0 Å². The van der Waals surface area contributed by atoms with Gasteiger partial charge in [-0.3, -0.25) is 4.79 Å². The molecule has 2 aromatic rings. The van der Waals surface area contributed by atoms with Crippen LogP contribution in [0.5, 0.6) is 5.75 Å². The van der Waals surface area contributed by atoms with E-state index in [1.807, 2.05) is 29.2 Å². The molecule has 1 saturated carbocycles. The van der Waals surface area contributed by atoms with Crippen LogP contribution in [0.1, 0.15) is 50.3 Å². The molecule has 1 aromatic carbocycles. The summed E-state index contributed by atoms with van der Waals surface area (Å²) in [5.74, 6) is 2.62. The third kappa shape index (κ3) is 3.45. The van der Waals surface area contributed by atoms with Gasteiger partial charge in [-0.2, -0.15) is 0 Å². The number of hydrogen-bond donors (Lipinski definition) is 0. The fraction of sp³-hybridized carbons (Fsp3) is 0.550. The minimum absolute atomic E-state index is 0.141. The Labute approximate surface area is 153 Å². The number of hydrogen-bond acceptors (Lipinski definition) is 5. The molecule has 1 atom stereocenters. The minimum Gasteiger partial charge on any atom is -0.497 e. The number of methoxy groups -OCH3 is 1. The monoisotopic (exact) mass is 355 g/mol. The van der Waals surface area contributed by atoms with Crippen molar-refractivity contribution in [3.63, 3.8) is 0 Å². The Hall–Kier alpha value is -2.37. The molecule has 0 bridgehead atoms. The Morgan fingerprint density at radius 3 is 2.62 bits per heavy atom. The first kappa shape index (κ1) is 17.1. The van der Waals surface area contributed by atoms with Crippen molar-refractivity contribution >= 4 is 5.91 Å². The van der Waals surface area contributed by atoms with Gasteiger partial charge in [-0.1, -0.05) is 19.3 Å². The molecule has 0 radical (unpaired) electrons. The van der Waals surface area contributed by atoms with Crippen LogP contribution in [0.4, 0.5) is 0 Å². The Kier molecular flexibility index (Phi) is 4.91. The first-order valence-corrected chi connectivity index (χ1v) is 9.51. The number of likely N-dealkylation sites (tertiary alicyclic amines) is 1. The molecule has 0 spiro atoms. The predicted octanol–water partition coefficient (Wildman–Crippen LogP) is 3.64. The van der Waals surface area contributed by atoms with Crippen molar-refractivity contribution in [1.82, 2.24) is 15.1 Å². The van der Waals surface area contributed by atoms with Gasteiger partial charge in [-0.05, 0) is 43.5 Å². The van der Waals surface area contributed by atoms with Crippen molar-refractivity contribution in [3.8, 4) is 17.2 Å². The summed E-state index contributed by atoms with van der Waals surface area (Å²) in [6, 6.07) is 7.56. The highest BCUT2D eigenvalue weighted by atomic mass is 16.5. The second-order valence-corrected chi connectivity index (χ2v) is 7.28. The van der Waals surface area contributed by atoms with E-state index < -0.39 is 0 Å². The molecule has 6 heteroatoms. The molecule has 138 valence electrons. The van der Waals surface area contributed by atoms with E-state index in [4.69, 9.17) is 9.15 Å². The van der Waals surface area contributed by atoms with Crippen LogP contribution >= 0.6 is 0 Å². The van der Waals surface area contributed by atoms with Crippen LogP contribution in [0, 0.1) is 5.92 Å². The second kappa shape index (κ2) is 7.48. The lowest BCUT2D eigenvalue weighted by Crippen LogP contribution is -2.35. The molecule has 1 unspecified atom stereocenters. The zero-order valence-corrected chi connectivity index (χ0v) is 15.2. The summed E-state index contributed by atoms with van der Waals surface area (Å²) in [6.45, 7) is 1.49. The van der Waals surface area contributed by atoms with Crippen LogP contribution in [-0.2, 0) is 4.79 Å². The zero-order valence-electron chi connectivity index (χ0n) is 15.2. The van der Waals surface area contributed by atoms with Crippen LogP contribution in [0.25, 0.3) is 11.5 Å². The maximum absolute atomic E-state index is 12.7. The van der Waals surface area contributed by atoms with E-state index in [-0.39, 0.29) is 11.8 Å². The minimum atomic E-state index is 0.141. The Bertz CT molecular complexity index is 750. The average Bonchev–Trinajstić information content (AvgIpc) is 3.38. The summed E-state index contributed by atoms with van der Waals surface area (Å²) in [6.07, 6.45) is 6.61. The highest BCUT2D eigenvalue weighted by Crippen LogP contribution is 2.32. The lowest BCUT2D eigenvalue weighted by Gasteiger charge is -2.26. The van der Waals surface area contributed by atoms with Crippen LogP contribution in [0.3, 0.4) is 0 Å². The molecule has 1 amide bonds. The Balaban J connectivity index is 1.41. The van der Waals surface area contributed by atoms with E-state index in [1.165, 1.54) is 19.3 Å². The number of carbonyl (C=O) groups excluding carboxylic acids is 1. The third-order valence-corrected chi connectivity index (χ3v) is 5.58. The fourth-order valence-corrected chi connectivity index (χ4v) is 4.02. The topological polar surface area (TPSA) is 68.5 Å². The maximum atomic E-state index is 12.7. The summed E-state index contributed by atoms with van der Waals surface area (Å²) in [5, 5.41) is 8.42. The highest BCUT2D eigenvalue weighted by molar-refractivity contribution is 5.79. The first-order chi connectivity index (χ1) is 12.7. The molecule has 26 heavy (non-hydrogen) atoms. The van der Waals surface area contributed by atoms with Gasteiger partial charge in [0.05, 0.1) is 13.0 Å². The highest BCUT2D eigenvalue weighted by Gasteiger charge is 2.34. The molecular weight excluding hydrogens is 330 g/mol. The second-order valence-electron chi connectivity index (χ2n) is 7.28. The molecule has 0 N–H and O–H groups in total. The van der Waals surface area contributed by atoms with Gasteiger partial charge in [0.15, 0.2) is 0 Å². The van der Waals surface area contributed by atoms with Crippen LogP contribution in [-0.4, -0.2) is 41.2 Å². The van der Waals surface area contributed by atoms with Crippen molar-refractivity contribution in [3.05, 3.63) is 30.2 Å². The van der Waals surface area contributed by atoms with E-state index in [2.05, 4.69) is 10.2 Å². The quantitative estimate of drug-likeness (QED) is 0.837. The third-order valence-electron chi connectivity index (χ3n) is 5.58. The number of amides is 1. The first-order valence-electron chi connectivity index (χ1n) is 9.51. The molecule has 1 aromatic heterocycles. The van der Waals surface area contributed by atoms with Gasteiger partial charge in [-0.25, -0.2) is 0 Å². The molecule has 4 rings (SSSR count). The summed E-state index contributed by atoms with van der Waals surface area (Å²) >= 11 is 0. The molecule has 2 fully saturated rings. The van der Waals surface area contributed by atoms with Crippen molar-refractivity contribution < 1.29 is 13.9 Å². The molecule has 2 aliphatic rings. The number of carbonyl (C=O) groups is 1. The van der Waals surface area contributed by atoms with Crippen molar-refractivity contribution in [2.75, 3.05) is 20.2 Å². The van der Waals surface area contributed by atoms with E-state index in [0.29, 0.717) is 24.2 Å². The van der Waals surface area contributed by atoms with E-state index in [1.54, 1.807) is 7.11 Å². The largest absolute Gasteiger partial charge is 0.497 e. The summed E-state index contributed by atoms with van der Waals surface area (Å²) in [4.78, 5) is 14.7. The summed E-state index contributed by atoms with van der Waals surface area (Å²) in [5.41, 5.74) is 0.873. The van der Waals surface area contributed by atoms with Gasteiger partial charge in [0.25, 0.3) is 0 Å². The normalized spacial score (nSPS) is 21.1. The van der Waals surface area contributed by atoms with Gasteiger partial charge in [0, 0.05) is 24.6 Å². The summed E-state index contributed by atoms with van der Waals surface area (Å²) < 4.78 is 11.1. The SMILES string of the molecule is COc1ccc(-c2nnc(C3CCN(C(=O)C4CCCCC4)C3)o2)cc1. The maximum Gasteiger partial charge on any atom is 0.247 e. The number of rotatable bonds is 4. The lowest BCUT2D eigenvalue weighted by atomic mass is 9.88. The lowest BCUT2D eigenvalue weighted by molar-refractivity contribution is -0.135. The van der Waals surface area contributed by atoms with Crippen LogP contribution in [0.2, 0.25) is 0 Å². The number of aromatic nitrogens is 2. The van der Waals surface area contributed by atoms with Gasteiger partial charge in [0.2, 0.25) is 17.7 Å². The molecule has 1 aliphatic heterocycles. The predicted molar refractivity (Wildman–Crippen MR) is 96.8 cm³/mol. The molecular formula is C20H25N3O3. The Morgan fingerprint density at radius 1 is 1.12 bits per heavy atom. The smallest absolute Gasteiger partial charge is 0.247 e. The fourth-order valence-electron chi connectivity index (χ4n) is 4.02. The van der Waals surface area contributed by atoms with Crippen LogP contribution in [0.15, 0.2) is 28.7 Å². The Morgan fingerprint density at radius 2 is 1.88 bits per heavy atom. The van der Waals surface area contributed by atoms with Gasteiger partial charge in [0.1, 0.15) is 5.75 Å². The van der Waals surface area contributed by atoms with Crippen molar-refractivity contribution in [2.45, 2.75) is 44.4 Å².